The second kappa shape index (κ2) is 6.00. The van der Waals surface area contributed by atoms with Crippen LogP contribution < -0.4 is 10.0 Å². The van der Waals surface area contributed by atoms with Gasteiger partial charge in [-0.15, -0.1) is 0 Å². The van der Waals surface area contributed by atoms with Crippen molar-refractivity contribution in [2.45, 2.75) is 6.54 Å². The van der Waals surface area contributed by atoms with Crippen molar-refractivity contribution in [3.63, 3.8) is 0 Å². The number of anilines is 1. The second-order valence-electron chi connectivity index (χ2n) is 5.48. The number of aromatic nitrogens is 4. The maximum absolute atomic E-state index is 12.3. The molecule has 0 radical (unpaired) electrons. The van der Waals surface area contributed by atoms with Crippen LogP contribution in [0, 0.1) is 5.21 Å². The Bertz CT molecular complexity index is 968. The van der Waals surface area contributed by atoms with Gasteiger partial charge in [-0.2, -0.15) is 9.83 Å². The zero-order chi connectivity index (χ0) is 16.4. The Morgan fingerprint density at radius 3 is 2.75 bits per heavy atom. The molecule has 0 fully saturated rings. The molecule has 0 atom stereocenters. The van der Waals surface area contributed by atoms with Gasteiger partial charge in [0, 0.05) is 24.4 Å². The number of H-pyrrole nitrogens is 1. The summed E-state index contributed by atoms with van der Waals surface area (Å²) in [5.74, 6) is 0.553. The van der Waals surface area contributed by atoms with Crippen molar-refractivity contribution in [1.82, 2.24) is 15.2 Å². The molecular weight excluding hydrogens is 302 g/mol. The Hall–Kier alpha value is -3.41. The van der Waals surface area contributed by atoms with Crippen molar-refractivity contribution in [3.05, 3.63) is 77.9 Å². The van der Waals surface area contributed by atoms with Gasteiger partial charge in [-0.1, -0.05) is 36.4 Å². The van der Waals surface area contributed by atoms with E-state index in [-0.39, 0.29) is 0 Å². The lowest BCUT2D eigenvalue weighted by molar-refractivity contribution is -0.576. The molecule has 0 bridgehead atoms. The van der Waals surface area contributed by atoms with Crippen molar-refractivity contribution in [3.8, 4) is 11.1 Å². The van der Waals surface area contributed by atoms with Crippen LogP contribution in [0.25, 0.3) is 22.2 Å². The minimum Gasteiger partial charge on any atom is -0.618 e. The van der Waals surface area contributed by atoms with E-state index in [1.54, 1.807) is 12.4 Å². The van der Waals surface area contributed by atoms with Gasteiger partial charge in [0.1, 0.15) is 5.52 Å². The Balaban J connectivity index is 1.64. The molecule has 0 saturated carbocycles. The summed E-state index contributed by atoms with van der Waals surface area (Å²) in [6.07, 6.45) is 4.98. The van der Waals surface area contributed by atoms with Crippen molar-refractivity contribution in [1.29, 1.82) is 0 Å². The first kappa shape index (κ1) is 14.2. The van der Waals surface area contributed by atoms with E-state index in [4.69, 9.17) is 0 Å². The SMILES string of the molecule is [O-][n+]1cc(NCc2ccccc2)nc2ccc(-c3cn[nH]c3)cc21. The van der Waals surface area contributed by atoms with Crippen molar-refractivity contribution >= 4 is 16.9 Å². The fourth-order valence-corrected chi connectivity index (χ4v) is 2.60. The van der Waals surface area contributed by atoms with Gasteiger partial charge in [0.05, 0.1) is 6.20 Å². The predicted molar refractivity (Wildman–Crippen MR) is 92.1 cm³/mol. The molecule has 4 aromatic rings. The monoisotopic (exact) mass is 317 g/mol. The van der Waals surface area contributed by atoms with Crippen LogP contribution in [0.15, 0.2) is 67.1 Å². The number of rotatable bonds is 4. The van der Waals surface area contributed by atoms with Gasteiger partial charge in [0.2, 0.25) is 11.7 Å². The summed E-state index contributed by atoms with van der Waals surface area (Å²) >= 11 is 0. The maximum atomic E-state index is 12.3. The summed E-state index contributed by atoms with van der Waals surface area (Å²) in [5, 5.41) is 22.2. The Morgan fingerprint density at radius 1 is 1.08 bits per heavy atom. The van der Waals surface area contributed by atoms with Gasteiger partial charge < -0.3 is 10.5 Å². The summed E-state index contributed by atoms with van der Waals surface area (Å²) in [5.41, 5.74) is 4.16. The molecule has 24 heavy (non-hydrogen) atoms. The van der Waals surface area contributed by atoms with Crippen LogP contribution in [-0.2, 0) is 6.54 Å². The van der Waals surface area contributed by atoms with Crippen LogP contribution in [0.3, 0.4) is 0 Å². The number of aromatic amines is 1. The molecule has 118 valence electrons. The minimum absolute atomic E-state index is 0.527. The van der Waals surface area contributed by atoms with Gasteiger partial charge in [0.15, 0.2) is 5.82 Å². The van der Waals surface area contributed by atoms with E-state index in [0.29, 0.717) is 23.4 Å². The number of hydrogen-bond donors (Lipinski definition) is 2. The van der Waals surface area contributed by atoms with Gasteiger partial charge in [-0.3, -0.25) is 5.10 Å². The molecule has 2 N–H and O–H groups in total. The van der Waals surface area contributed by atoms with E-state index >= 15 is 0 Å². The smallest absolute Gasteiger partial charge is 0.243 e. The molecule has 2 aromatic carbocycles. The molecule has 0 aliphatic heterocycles. The summed E-state index contributed by atoms with van der Waals surface area (Å²) in [6, 6.07) is 15.6. The summed E-state index contributed by atoms with van der Waals surface area (Å²) in [7, 11) is 0. The van der Waals surface area contributed by atoms with E-state index in [2.05, 4.69) is 20.5 Å². The molecule has 0 aliphatic rings. The lowest BCUT2D eigenvalue weighted by Crippen LogP contribution is -2.28. The van der Waals surface area contributed by atoms with Crippen molar-refractivity contribution in [2.75, 3.05) is 5.32 Å². The molecule has 2 heterocycles. The Kier molecular flexibility index (Phi) is 3.55. The largest absolute Gasteiger partial charge is 0.618 e. The molecule has 0 saturated heterocycles. The van der Waals surface area contributed by atoms with E-state index in [0.717, 1.165) is 21.4 Å². The number of nitrogens with zero attached hydrogens (tertiary/aromatic N) is 3. The molecule has 0 unspecified atom stereocenters. The Labute approximate surface area is 138 Å². The van der Waals surface area contributed by atoms with Gasteiger partial charge >= 0.3 is 0 Å². The topological polar surface area (TPSA) is 80.5 Å². The zero-order valence-corrected chi connectivity index (χ0v) is 12.8. The van der Waals surface area contributed by atoms with Crippen LogP contribution in [0.1, 0.15) is 5.56 Å². The average molecular weight is 317 g/mol. The van der Waals surface area contributed by atoms with Crippen LogP contribution in [-0.4, -0.2) is 15.2 Å². The lowest BCUT2D eigenvalue weighted by Gasteiger charge is -2.08. The summed E-state index contributed by atoms with van der Waals surface area (Å²) < 4.78 is 0.846. The number of fused-ring (bicyclic) bond motifs is 1. The normalized spacial score (nSPS) is 10.8. The van der Waals surface area contributed by atoms with Crippen LogP contribution in [0.4, 0.5) is 5.82 Å². The highest BCUT2D eigenvalue weighted by Crippen LogP contribution is 2.21. The number of nitrogens with one attached hydrogen (secondary N) is 2. The molecular formula is C18H15N5O. The summed E-state index contributed by atoms with van der Waals surface area (Å²) in [4.78, 5) is 4.52. The highest BCUT2D eigenvalue weighted by atomic mass is 16.5. The van der Waals surface area contributed by atoms with Crippen LogP contribution in [0.5, 0.6) is 0 Å². The number of hydrogen-bond acceptors (Lipinski definition) is 4. The van der Waals surface area contributed by atoms with Crippen molar-refractivity contribution < 1.29 is 4.73 Å². The quantitative estimate of drug-likeness (QED) is 0.448. The van der Waals surface area contributed by atoms with Crippen molar-refractivity contribution in [2.24, 2.45) is 0 Å². The van der Waals surface area contributed by atoms with E-state index in [9.17, 15) is 5.21 Å². The van der Waals surface area contributed by atoms with Gasteiger partial charge in [-0.05, 0) is 17.2 Å². The molecule has 6 nitrogen and oxygen atoms in total. The van der Waals surface area contributed by atoms with Crippen LogP contribution >= 0.6 is 0 Å². The van der Waals surface area contributed by atoms with E-state index in [1.165, 1.54) is 6.20 Å². The lowest BCUT2D eigenvalue weighted by atomic mass is 10.1. The van der Waals surface area contributed by atoms with E-state index in [1.807, 2.05) is 48.5 Å². The molecule has 6 heteroatoms. The highest BCUT2D eigenvalue weighted by molar-refractivity contribution is 5.79. The molecule has 4 rings (SSSR count). The fraction of sp³-hybridized carbons (Fsp3) is 0.0556. The first-order chi connectivity index (χ1) is 11.8. The standard InChI is InChI=1S/C18H15N5O/c24-23-12-18(19-9-13-4-2-1-3-5-13)22-16-7-6-14(8-17(16)23)15-10-20-21-11-15/h1-8,10-12H,9H2,(H,19,22)(H,20,21). The molecule has 0 aliphatic carbocycles. The summed E-state index contributed by atoms with van der Waals surface area (Å²) in [6.45, 7) is 0.618. The average Bonchev–Trinajstić information content (AvgIpc) is 3.15. The third kappa shape index (κ3) is 2.77. The minimum atomic E-state index is 0.527. The number of benzene rings is 2. The fourth-order valence-electron chi connectivity index (χ4n) is 2.60. The van der Waals surface area contributed by atoms with Gasteiger partial charge in [0.25, 0.3) is 0 Å². The third-order valence-electron chi connectivity index (χ3n) is 3.84. The highest BCUT2D eigenvalue weighted by Gasteiger charge is 2.11. The zero-order valence-electron chi connectivity index (χ0n) is 12.8. The van der Waals surface area contributed by atoms with E-state index < -0.39 is 0 Å². The first-order valence-corrected chi connectivity index (χ1v) is 7.60. The maximum Gasteiger partial charge on any atom is 0.243 e. The molecule has 0 amide bonds. The third-order valence-corrected chi connectivity index (χ3v) is 3.84. The van der Waals surface area contributed by atoms with Gasteiger partial charge in [-0.25, -0.2) is 4.98 Å². The molecule has 0 spiro atoms. The van der Waals surface area contributed by atoms with Crippen LogP contribution in [0.2, 0.25) is 0 Å². The first-order valence-electron chi connectivity index (χ1n) is 7.60. The molecule has 2 aromatic heterocycles. The Morgan fingerprint density at radius 2 is 1.96 bits per heavy atom. The second-order valence-corrected chi connectivity index (χ2v) is 5.48. The predicted octanol–water partition coefficient (Wildman–Crippen LogP) is 2.87.